The number of aliphatic hydroxyl groups excluding tert-OH is 1. The van der Waals surface area contributed by atoms with E-state index in [1.165, 1.54) is 0 Å². The molecule has 0 saturated carbocycles. The van der Waals surface area contributed by atoms with E-state index in [0.717, 1.165) is 0 Å². The molecule has 140 valence electrons. The Hall–Kier alpha value is -1.15. The topological polar surface area (TPSA) is 94.5 Å². The molecule has 1 heterocycles. The Morgan fingerprint density at radius 2 is 1.92 bits per heavy atom. The van der Waals surface area contributed by atoms with Crippen LogP contribution in [0.3, 0.4) is 0 Å². The average Bonchev–Trinajstić information content (AvgIpc) is 2.54. The van der Waals surface area contributed by atoms with Gasteiger partial charge in [-0.15, -0.1) is 0 Å². The molecule has 0 amide bonds. The van der Waals surface area contributed by atoms with Gasteiger partial charge in [0.1, 0.15) is 0 Å². The summed E-state index contributed by atoms with van der Waals surface area (Å²) in [5.74, 6) is -0.756. The Morgan fingerprint density at radius 3 is 2.46 bits per heavy atom. The molecule has 3 unspecified atom stereocenters. The molecule has 24 heavy (non-hydrogen) atoms. The molecule has 0 saturated heterocycles. The zero-order valence-electron chi connectivity index (χ0n) is 14.8. The van der Waals surface area contributed by atoms with Gasteiger partial charge in [0.05, 0.1) is 26.4 Å². The molecule has 3 atom stereocenters. The van der Waals surface area contributed by atoms with Gasteiger partial charge in [-0.1, -0.05) is 13.8 Å². The van der Waals surface area contributed by atoms with Crippen LogP contribution >= 0.6 is 0 Å². The van der Waals surface area contributed by atoms with Crippen molar-refractivity contribution in [3.63, 3.8) is 0 Å². The van der Waals surface area contributed by atoms with Crippen molar-refractivity contribution in [2.45, 2.75) is 33.5 Å². The smallest absolute Gasteiger partial charge is 0.370 e. The highest BCUT2D eigenvalue weighted by Gasteiger charge is 2.38. The molecule has 0 bridgehead atoms. The molecule has 1 aliphatic heterocycles. The molecule has 1 rings (SSSR count). The lowest BCUT2D eigenvalue weighted by molar-refractivity contribution is -0.182. The number of carboxylic acid groups (broad SMARTS) is 1. The normalized spacial score (nSPS) is 23.9. The predicted octanol–water partition coefficient (Wildman–Crippen LogP) is 1.65. The number of aliphatic carboxylic acids is 1. The molecule has 0 aromatic rings. The van der Waals surface area contributed by atoms with E-state index in [1.807, 2.05) is 6.92 Å². The highest BCUT2D eigenvalue weighted by Crippen LogP contribution is 2.36. The summed E-state index contributed by atoms with van der Waals surface area (Å²) in [6.45, 7) is 8.15. The van der Waals surface area contributed by atoms with Crippen LogP contribution in [0.4, 0.5) is 0 Å². The second-order valence-electron chi connectivity index (χ2n) is 6.00. The maximum Gasteiger partial charge on any atom is 0.370 e. The largest absolute Gasteiger partial charge is 0.475 e. The lowest BCUT2D eigenvalue weighted by Gasteiger charge is -2.38. The van der Waals surface area contributed by atoms with E-state index in [1.54, 1.807) is 6.08 Å². The van der Waals surface area contributed by atoms with Crippen LogP contribution in [0.15, 0.2) is 11.8 Å². The van der Waals surface area contributed by atoms with Crippen LogP contribution in [0, 0.1) is 17.8 Å². The molecule has 0 radical (unpaired) electrons. The van der Waals surface area contributed by atoms with Crippen molar-refractivity contribution in [1.29, 1.82) is 0 Å². The molecule has 0 aromatic heterocycles. The summed E-state index contributed by atoms with van der Waals surface area (Å²) >= 11 is 0. The van der Waals surface area contributed by atoms with Crippen molar-refractivity contribution >= 4 is 5.97 Å². The Balaban J connectivity index is 2.60. The standard InChI is InChI=1S/C17H30O7/c1-4-23-17-13(5-7-21-9-10-22-8-6-18)14(12(2)3)11-15(24-17)16(19)20/h11-14,17-18H,4-10H2,1-3H3,(H,19,20). The van der Waals surface area contributed by atoms with Crippen molar-refractivity contribution in [2.75, 3.05) is 39.6 Å². The van der Waals surface area contributed by atoms with E-state index in [-0.39, 0.29) is 30.1 Å². The molecular formula is C17H30O7. The minimum Gasteiger partial charge on any atom is -0.475 e. The van der Waals surface area contributed by atoms with E-state index in [2.05, 4.69) is 13.8 Å². The van der Waals surface area contributed by atoms with E-state index in [4.69, 9.17) is 24.1 Å². The minimum atomic E-state index is -1.07. The van der Waals surface area contributed by atoms with Gasteiger partial charge in [0.2, 0.25) is 12.0 Å². The lowest BCUT2D eigenvalue weighted by Crippen LogP contribution is -2.39. The minimum absolute atomic E-state index is 0.00373. The summed E-state index contributed by atoms with van der Waals surface area (Å²) in [4.78, 5) is 11.3. The molecule has 7 nitrogen and oxygen atoms in total. The van der Waals surface area contributed by atoms with Crippen LogP contribution in [0.2, 0.25) is 0 Å². The van der Waals surface area contributed by atoms with Crippen molar-refractivity contribution in [3.8, 4) is 0 Å². The molecule has 0 aromatic carbocycles. The highest BCUT2D eigenvalue weighted by molar-refractivity contribution is 5.84. The average molecular weight is 346 g/mol. The van der Waals surface area contributed by atoms with Crippen LogP contribution in [-0.4, -0.2) is 62.1 Å². The summed E-state index contributed by atoms with van der Waals surface area (Å²) in [5.41, 5.74) is 0. The number of carboxylic acids is 1. The zero-order chi connectivity index (χ0) is 17.9. The van der Waals surface area contributed by atoms with Gasteiger partial charge in [0, 0.05) is 19.1 Å². The first-order chi connectivity index (χ1) is 11.5. The Morgan fingerprint density at radius 1 is 1.25 bits per heavy atom. The third-order valence-electron chi connectivity index (χ3n) is 3.95. The van der Waals surface area contributed by atoms with Crippen molar-refractivity contribution < 1.29 is 34.0 Å². The van der Waals surface area contributed by atoms with Gasteiger partial charge >= 0.3 is 5.97 Å². The first kappa shape index (κ1) is 20.9. The summed E-state index contributed by atoms with van der Waals surface area (Å²) < 4.78 is 21.8. The number of allylic oxidation sites excluding steroid dienone is 1. The first-order valence-corrected chi connectivity index (χ1v) is 8.50. The molecular weight excluding hydrogens is 316 g/mol. The van der Waals surface area contributed by atoms with Crippen LogP contribution in [0.25, 0.3) is 0 Å². The van der Waals surface area contributed by atoms with Gasteiger partial charge < -0.3 is 29.2 Å². The molecule has 2 N–H and O–H groups in total. The maximum absolute atomic E-state index is 11.3. The van der Waals surface area contributed by atoms with E-state index in [9.17, 15) is 9.90 Å². The number of aliphatic hydroxyl groups is 1. The lowest BCUT2D eigenvalue weighted by atomic mass is 9.79. The predicted molar refractivity (Wildman–Crippen MR) is 87.4 cm³/mol. The van der Waals surface area contributed by atoms with E-state index in [0.29, 0.717) is 39.5 Å². The van der Waals surface area contributed by atoms with Crippen LogP contribution in [0.1, 0.15) is 27.2 Å². The molecule has 0 aliphatic carbocycles. The second-order valence-corrected chi connectivity index (χ2v) is 6.00. The quantitative estimate of drug-likeness (QED) is 0.519. The fourth-order valence-corrected chi connectivity index (χ4v) is 2.80. The number of rotatable bonds is 12. The number of carbonyl (C=O) groups is 1. The highest BCUT2D eigenvalue weighted by atomic mass is 16.7. The molecule has 1 aliphatic rings. The van der Waals surface area contributed by atoms with Gasteiger partial charge in [-0.05, 0) is 31.3 Å². The molecule has 0 fully saturated rings. The number of hydrogen-bond acceptors (Lipinski definition) is 6. The Labute approximate surface area is 143 Å². The third-order valence-corrected chi connectivity index (χ3v) is 3.95. The van der Waals surface area contributed by atoms with Gasteiger partial charge in [0.15, 0.2) is 0 Å². The van der Waals surface area contributed by atoms with Crippen molar-refractivity contribution in [1.82, 2.24) is 0 Å². The Kier molecular flexibility index (Phi) is 9.94. The van der Waals surface area contributed by atoms with Crippen LogP contribution < -0.4 is 0 Å². The SMILES string of the molecule is CCOC1OC(C(=O)O)=CC(C(C)C)C1CCOCCOCCO. The summed E-state index contributed by atoms with van der Waals surface area (Å²) in [5, 5.41) is 17.8. The summed E-state index contributed by atoms with van der Waals surface area (Å²) in [7, 11) is 0. The number of ether oxygens (including phenoxy) is 4. The maximum atomic E-state index is 11.3. The fraction of sp³-hybridized carbons (Fsp3) is 0.824. The van der Waals surface area contributed by atoms with E-state index >= 15 is 0 Å². The first-order valence-electron chi connectivity index (χ1n) is 8.50. The zero-order valence-corrected chi connectivity index (χ0v) is 14.8. The van der Waals surface area contributed by atoms with Crippen LogP contribution in [0.5, 0.6) is 0 Å². The van der Waals surface area contributed by atoms with Gasteiger partial charge in [-0.2, -0.15) is 0 Å². The summed E-state index contributed by atoms with van der Waals surface area (Å²) in [6.07, 6.45) is 1.82. The number of hydrogen-bond donors (Lipinski definition) is 2. The molecule has 7 heteroatoms. The third kappa shape index (κ3) is 6.76. The summed E-state index contributed by atoms with van der Waals surface area (Å²) in [6, 6.07) is 0. The van der Waals surface area contributed by atoms with Gasteiger partial charge in [0.25, 0.3) is 0 Å². The van der Waals surface area contributed by atoms with Gasteiger partial charge in [-0.3, -0.25) is 0 Å². The second kappa shape index (κ2) is 11.4. The monoisotopic (exact) mass is 346 g/mol. The van der Waals surface area contributed by atoms with E-state index < -0.39 is 12.3 Å². The Bertz CT molecular complexity index is 394. The fourth-order valence-electron chi connectivity index (χ4n) is 2.80. The van der Waals surface area contributed by atoms with Crippen molar-refractivity contribution in [3.05, 3.63) is 11.8 Å². The van der Waals surface area contributed by atoms with Crippen LogP contribution in [-0.2, 0) is 23.7 Å². The van der Waals surface area contributed by atoms with Crippen molar-refractivity contribution in [2.24, 2.45) is 17.8 Å². The van der Waals surface area contributed by atoms with Gasteiger partial charge in [-0.25, -0.2) is 4.79 Å². The molecule has 0 spiro atoms.